The van der Waals surface area contributed by atoms with Crippen LogP contribution in [0, 0.1) is 13.5 Å². The Labute approximate surface area is 204 Å². The predicted octanol–water partition coefficient (Wildman–Crippen LogP) is 5.09. The number of nitrogens with zero attached hydrogens (tertiary/aromatic N) is 1. The first-order valence-corrected chi connectivity index (χ1v) is 11.0. The Morgan fingerprint density at radius 2 is 1.76 bits per heavy atom. The summed E-state index contributed by atoms with van der Waals surface area (Å²) in [7, 11) is 0. The van der Waals surface area contributed by atoms with E-state index in [1.807, 2.05) is 30.3 Å². The summed E-state index contributed by atoms with van der Waals surface area (Å²) in [5.41, 5.74) is 5.68. The van der Waals surface area contributed by atoms with Crippen LogP contribution in [0.3, 0.4) is 0 Å². The third-order valence-electron chi connectivity index (χ3n) is 4.99. The summed E-state index contributed by atoms with van der Waals surface area (Å²) in [5, 5.41) is 11.8. The van der Waals surface area contributed by atoms with E-state index in [1.165, 1.54) is 5.56 Å². The molecule has 176 valence electrons. The van der Waals surface area contributed by atoms with Crippen LogP contribution in [0.5, 0.6) is 0 Å². The Balaban J connectivity index is 0.00000385. The number of carbonyl (C=O) groups is 1. The Bertz CT molecular complexity index is 1110. The minimum absolute atomic E-state index is 0. The van der Waals surface area contributed by atoms with Crippen molar-refractivity contribution in [3.8, 4) is 11.1 Å². The van der Waals surface area contributed by atoms with Gasteiger partial charge in [0.1, 0.15) is 0 Å². The number of amides is 1. The largest absolute Gasteiger partial charge is 0.358 e. The number of carbonyl (C=O) groups excluding carboxylic acids is 1. The molecular weight excluding hydrogens is 455 g/mol. The fourth-order valence-electron chi connectivity index (χ4n) is 3.23. The SMILES string of the molecule is CC(C)(C)c1ccc(-c2cc(C(=O)NCCO)cc(C([CH]=[Ni])=Nc3[c-]cccc3)c2)cc1.[CH3-]. The van der Waals surface area contributed by atoms with Crippen molar-refractivity contribution >= 4 is 22.3 Å². The number of aliphatic imine (C=N–C) groups is 1. The van der Waals surface area contributed by atoms with Gasteiger partial charge in [0, 0.05) is 0 Å². The molecule has 0 saturated heterocycles. The molecule has 0 aliphatic carbocycles. The van der Waals surface area contributed by atoms with Gasteiger partial charge in [-0.05, 0) is 0 Å². The summed E-state index contributed by atoms with van der Waals surface area (Å²) >= 11 is 4.92. The predicted molar refractivity (Wildman–Crippen MR) is 134 cm³/mol. The van der Waals surface area contributed by atoms with Crippen LogP contribution in [0.1, 0.15) is 42.3 Å². The third-order valence-corrected chi connectivity index (χ3v) is 5.26. The van der Waals surface area contributed by atoms with Crippen molar-refractivity contribution in [2.24, 2.45) is 4.99 Å². The van der Waals surface area contributed by atoms with Crippen LogP contribution in [0.15, 0.2) is 71.7 Å². The fourth-order valence-corrected chi connectivity index (χ4v) is 3.46. The molecule has 0 saturated carbocycles. The number of rotatable bonds is 7. The summed E-state index contributed by atoms with van der Waals surface area (Å²) < 4.78 is 0. The fraction of sp³-hybridized carbons (Fsp3) is 0.214. The van der Waals surface area contributed by atoms with Crippen molar-refractivity contribution in [2.45, 2.75) is 26.2 Å². The van der Waals surface area contributed by atoms with Crippen LogP contribution >= 0.6 is 0 Å². The van der Waals surface area contributed by atoms with Crippen LogP contribution in [0.4, 0.5) is 5.69 Å². The maximum absolute atomic E-state index is 12.7. The first-order chi connectivity index (χ1) is 15.3. The third kappa shape index (κ3) is 7.05. The van der Waals surface area contributed by atoms with Gasteiger partial charge < -0.3 is 7.43 Å². The molecule has 2 N–H and O–H groups in total. The molecule has 3 rings (SSSR count). The molecule has 3 aromatic carbocycles. The molecule has 0 spiro atoms. The van der Waals surface area contributed by atoms with Crippen LogP contribution in [-0.4, -0.2) is 34.9 Å². The maximum atomic E-state index is 12.7. The van der Waals surface area contributed by atoms with Crippen molar-refractivity contribution in [3.63, 3.8) is 0 Å². The van der Waals surface area contributed by atoms with Crippen molar-refractivity contribution in [1.82, 2.24) is 5.32 Å². The summed E-state index contributed by atoms with van der Waals surface area (Å²) in [4.78, 5) is 18.9. The van der Waals surface area contributed by atoms with Gasteiger partial charge in [-0.15, -0.1) is 0 Å². The number of hydrogen-bond acceptors (Lipinski definition) is 3. The summed E-state index contributed by atoms with van der Waals surface area (Å²) in [6, 6.07) is 24.5. The molecule has 1 amide bonds. The van der Waals surface area contributed by atoms with E-state index in [4.69, 9.17) is 20.1 Å². The van der Waals surface area contributed by atoms with E-state index in [-0.39, 0.29) is 31.9 Å². The van der Waals surface area contributed by atoms with Crippen molar-refractivity contribution in [2.75, 3.05) is 13.2 Å². The minimum atomic E-state index is -0.257. The van der Waals surface area contributed by atoms with Crippen LogP contribution in [0.2, 0.25) is 0 Å². The number of nitrogens with one attached hydrogen (secondary N) is 1. The average Bonchev–Trinajstić information content (AvgIpc) is 2.80. The molecule has 5 heteroatoms. The molecule has 0 fully saturated rings. The van der Waals surface area contributed by atoms with E-state index in [9.17, 15) is 4.79 Å². The van der Waals surface area contributed by atoms with E-state index in [0.29, 0.717) is 17.0 Å². The first kappa shape index (κ1) is 26.4. The van der Waals surface area contributed by atoms with Gasteiger partial charge in [0.15, 0.2) is 0 Å². The van der Waals surface area contributed by atoms with Gasteiger partial charge in [0.25, 0.3) is 0 Å². The second kappa shape index (κ2) is 11.8. The standard InChI is InChI=1S/C27H27N2O2.CH3.Ni/c1-19(29-25-8-6-5-7-9-25)21-16-22(18-23(17-21)26(31)28-14-15-30)20-10-12-24(13-11-20)27(2,3)4;;/h1,5-8,10-13,16-18,30H,14-15H2,2-4H3,(H,28,31);1H3;/q2*-1;. The Kier molecular flexibility index (Phi) is 9.46. The molecular formula is C28H30N2NiO2-2. The van der Waals surface area contributed by atoms with Crippen molar-refractivity contribution in [1.29, 1.82) is 0 Å². The van der Waals surface area contributed by atoms with Gasteiger partial charge in [0.05, 0.1) is 0 Å². The molecule has 0 radical (unpaired) electrons. The second-order valence-corrected chi connectivity index (χ2v) is 8.73. The van der Waals surface area contributed by atoms with Crippen LogP contribution in [-0.2, 0) is 20.4 Å². The van der Waals surface area contributed by atoms with Gasteiger partial charge in [0.2, 0.25) is 0 Å². The zero-order valence-electron chi connectivity index (χ0n) is 19.5. The van der Waals surface area contributed by atoms with E-state index in [2.05, 4.69) is 61.4 Å². The number of hydrogen-bond donors (Lipinski definition) is 2. The van der Waals surface area contributed by atoms with Crippen molar-refractivity contribution < 1.29 is 24.9 Å². The Morgan fingerprint density at radius 3 is 2.33 bits per heavy atom. The summed E-state index contributed by atoms with van der Waals surface area (Å²) in [5.74, 6) is -0.257. The van der Waals surface area contributed by atoms with Gasteiger partial charge in [-0.2, -0.15) is 0 Å². The molecule has 0 bridgehead atoms. The quantitative estimate of drug-likeness (QED) is 0.278. The average molecular weight is 485 g/mol. The van der Waals surface area contributed by atoms with E-state index in [0.717, 1.165) is 16.7 Å². The molecule has 0 aliphatic rings. The zero-order valence-corrected chi connectivity index (χ0v) is 20.4. The Hall–Kier alpha value is -2.88. The summed E-state index contributed by atoms with van der Waals surface area (Å²) in [6.45, 7) is 6.60. The van der Waals surface area contributed by atoms with Crippen molar-refractivity contribution in [3.05, 3.63) is 96.9 Å². The van der Waals surface area contributed by atoms with Gasteiger partial charge in [-0.3, -0.25) is 0 Å². The molecule has 33 heavy (non-hydrogen) atoms. The smallest absolute Gasteiger partial charge is 0.358 e. The van der Waals surface area contributed by atoms with Crippen LogP contribution < -0.4 is 5.32 Å². The first-order valence-electron chi connectivity index (χ1n) is 10.4. The zero-order chi connectivity index (χ0) is 23.1. The number of aliphatic hydroxyl groups is 1. The monoisotopic (exact) mass is 484 g/mol. The molecule has 0 atom stereocenters. The molecule has 0 unspecified atom stereocenters. The normalized spacial score (nSPS) is 11.5. The van der Waals surface area contributed by atoms with Gasteiger partial charge in [-0.1, -0.05) is 0 Å². The molecule has 0 heterocycles. The molecule has 0 aromatic heterocycles. The van der Waals surface area contributed by atoms with Gasteiger partial charge >= 0.3 is 197 Å². The van der Waals surface area contributed by atoms with E-state index >= 15 is 0 Å². The number of para-hydroxylation sites is 1. The van der Waals surface area contributed by atoms with Crippen LogP contribution in [0.25, 0.3) is 11.1 Å². The molecule has 3 aromatic rings. The molecule has 0 aliphatic heterocycles. The number of aliphatic hydroxyl groups excluding tert-OH is 1. The van der Waals surface area contributed by atoms with E-state index < -0.39 is 0 Å². The molecule has 4 nitrogen and oxygen atoms in total. The minimum Gasteiger partial charge on any atom is -0.358 e. The van der Waals surface area contributed by atoms with Gasteiger partial charge in [-0.25, -0.2) is 0 Å². The topological polar surface area (TPSA) is 61.7 Å². The summed E-state index contributed by atoms with van der Waals surface area (Å²) in [6.07, 6.45) is 0. The number of benzene rings is 3. The maximum Gasteiger partial charge on any atom is -0.358 e. The van der Waals surface area contributed by atoms with E-state index in [1.54, 1.807) is 17.1 Å². The second-order valence-electron chi connectivity index (χ2n) is 8.44. The Morgan fingerprint density at radius 1 is 1.06 bits per heavy atom.